The number of anilines is 1. The number of benzene rings is 1. The molecule has 0 aliphatic rings. The van der Waals surface area contributed by atoms with Crippen molar-refractivity contribution in [2.75, 3.05) is 10.6 Å². The van der Waals surface area contributed by atoms with Gasteiger partial charge in [0.25, 0.3) is 0 Å². The molecule has 1 amide bonds. The van der Waals surface area contributed by atoms with E-state index in [-0.39, 0.29) is 11.3 Å². The van der Waals surface area contributed by atoms with Gasteiger partial charge >= 0.3 is 0 Å². The summed E-state index contributed by atoms with van der Waals surface area (Å²) in [7, 11) is -3.61. The molecule has 6 heteroatoms. The fourth-order valence-corrected chi connectivity index (χ4v) is 4.65. The molecule has 0 fully saturated rings. The smallest absolute Gasteiger partial charge is 0.244 e. The zero-order valence-corrected chi connectivity index (χ0v) is 18.4. The maximum Gasteiger partial charge on any atom is 0.244 e. The molecule has 0 saturated heterocycles. The van der Waals surface area contributed by atoms with Crippen LogP contribution in [0.2, 0.25) is 0 Å². The highest BCUT2D eigenvalue weighted by Gasteiger charge is 2.33. The van der Waals surface area contributed by atoms with Crippen molar-refractivity contribution in [2.24, 2.45) is 5.41 Å². The molecule has 1 aromatic rings. The van der Waals surface area contributed by atoms with E-state index in [1.54, 1.807) is 19.1 Å². The van der Waals surface area contributed by atoms with Crippen LogP contribution in [0.3, 0.4) is 0 Å². The Bertz CT molecular complexity index is 762. The standard InChI is InChI=1S/C20H34N2O3S/c1-14-10-11-17(12-15(14)2)22(26(9,24)25)16(3)18(23)21-20(7,8)13-19(4,5)6/h10-12,16H,13H2,1-9H3,(H,21,23)/t16-/m1/s1. The van der Waals surface area contributed by atoms with Crippen LogP contribution in [0.4, 0.5) is 5.69 Å². The number of carbonyl (C=O) groups excluding carboxylic acids is 1. The average Bonchev–Trinajstić information content (AvgIpc) is 2.37. The van der Waals surface area contributed by atoms with E-state index in [4.69, 9.17) is 0 Å². The summed E-state index contributed by atoms with van der Waals surface area (Å²) in [5.74, 6) is -0.303. The van der Waals surface area contributed by atoms with E-state index in [0.717, 1.165) is 23.8 Å². The SMILES string of the molecule is Cc1ccc(N([C@H](C)C(=O)NC(C)(C)CC(C)(C)C)S(C)(=O)=O)cc1C. The van der Waals surface area contributed by atoms with Gasteiger partial charge in [-0.3, -0.25) is 9.10 Å². The molecule has 1 aromatic carbocycles. The van der Waals surface area contributed by atoms with Crippen molar-refractivity contribution in [1.29, 1.82) is 0 Å². The molecule has 0 aromatic heterocycles. The molecular weight excluding hydrogens is 348 g/mol. The highest BCUT2D eigenvalue weighted by molar-refractivity contribution is 7.92. The van der Waals surface area contributed by atoms with Crippen LogP contribution >= 0.6 is 0 Å². The van der Waals surface area contributed by atoms with Crippen molar-refractivity contribution in [3.8, 4) is 0 Å². The van der Waals surface area contributed by atoms with Gasteiger partial charge in [-0.25, -0.2) is 8.42 Å². The third-order valence-electron chi connectivity index (χ3n) is 4.27. The normalized spacial score (nSPS) is 14.0. The Hall–Kier alpha value is -1.56. The van der Waals surface area contributed by atoms with Crippen molar-refractivity contribution >= 4 is 21.6 Å². The largest absolute Gasteiger partial charge is 0.349 e. The molecule has 1 N–H and O–H groups in total. The van der Waals surface area contributed by atoms with Crippen molar-refractivity contribution in [3.63, 3.8) is 0 Å². The summed E-state index contributed by atoms with van der Waals surface area (Å²) >= 11 is 0. The summed E-state index contributed by atoms with van der Waals surface area (Å²) < 4.78 is 26.0. The lowest BCUT2D eigenvalue weighted by Gasteiger charge is -2.36. The lowest BCUT2D eigenvalue weighted by Crippen LogP contribution is -2.54. The van der Waals surface area contributed by atoms with Crippen molar-refractivity contribution in [3.05, 3.63) is 29.3 Å². The van der Waals surface area contributed by atoms with Crippen LogP contribution in [0.5, 0.6) is 0 Å². The first kappa shape index (κ1) is 22.5. The van der Waals surface area contributed by atoms with E-state index in [9.17, 15) is 13.2 Å². The predicted octanol–water partition coefficient (Wildman–Crippen LogP) is 3.79. The maximum absolute atomic E-state index is 12.8. The van der Waals surface area contributed by atoms with E-state index < -0.39 is 21.6 Å². The van der Waals surface area contributed by atoms with Crippen molar-refractivity contribution in [1.82, 2.24) is 5.32 Å². The van der Waals surface area contributed by atoms with Crippen LogP contribution < -0.4 is 9.62 Å². The Morgan fingerprint density at radius 3 is 2.08 bits per heavy atom. The van der Waals surface area contributed by atoms with Crippen LogP contribution in [0.25, 0.3) is 0 Å². The Morgan fingerprint density at radius 2 is 1.65 bits per heavy atom. The molecule has 148 valence electrons. The molecule has 0 bridgehead atoms. The highest BCUT2D eigenvalue weighted by Crippen LogP contribution is 2.28. The first-order valence-electron chi connectivity index (χ1n) is 8.92. The van der Waals surface area contributed by atoms with Gasteiger partial charge < -0.3 is 5.32 Å². The summed E-state index contributed by atoms with van der Waals surface area (Å²) in [6.45, 7) is 15.8. The minimum Gasteiger partial charge on any atom is -0.349 e. The molecule has 0 unspecified atom stereocenters. The van der Waals surface area contributed by atoms with E-state index in [2.05, 4.69) is 26.1 Å². The predicted molar refractivity (Wildman–Crippen MR) is 109 cm³/mol. The number of amides is 1. The molecule has 1 atom stereocenters. The first-order valence-corrected chi connectivity index (χ1v) is 10.8. The quantitative estimate of drug-likeness (QED) is 0.814. The second kappa shape index (κ2) is 7.59. The fraction of sp³-hybridized carbons (Fsp3) is 0.650. The summed E-state index contributed by atoms with van der Waals surface area (Å²) in [5, 5.41) is 3.02. The third-order valence-corrected chi connectivity index (χ3v) is 5.51. The van der Waals surface area contributed by atoms with Crippen LogP contribution in [-0.4, -0.2) is 32.2 Å². The Kier molecular flexibility index (Phi) is 6.56. The Morgan fingerprint density at radius 1 is 1.12 bits per heavy atom. The van der Waals surface area contributed by atoms with E-state index >= 15 is 0 Å². The van der Waals surface area contributed by atoms with E-state index in [1.165, 1.54) is 4.31 Å². The van der Waals surface area contributed by atoms with E-state index in [1.807, 2.05) is 33.8 Å². The molecule has 5 nitrogen and oxygen atoms in total. The summed E-state index contributed by atoms with van der Waals surface area (Å²) in [6, 6.07) is 4.58. The number of nitrogens with one attached hydrogen (secondary N) is 1. The summed E-state index contributed by atoms with van der Waals surface area (Å²) in [5.41, 5.74) is 2.18. The van der Waals surface area contributed by atoms with Crippen LogP contribution in [-0.2, 0) is 14.8 Å². The third kappa shape index (κ3) is 6.31. The van der Waals surface area contributed by atoms with Gasteiger partial charge in [0.2, 0.25) is 15.9 Å². The number of hydrogen-bond donors (Lipinski definition) is 1. The van der Waals surface area contributed by atoms with Crippen LogP contribution in [0.15, 0.2) is 18.2 Å². The zero-order valence-electron chi connectivity index (χ0n) is 17.6. The topological polar surface area (TPSA) is 66.5 Å². The Balaban J connectivity index is 3.16. The van der Waals surface area contributed by atoms with Gasteiger partial charge in [0.05, 0.1) is 11.9 Å². The second-order valence-electron chi connectivity index (χ2n) is 9.11. The maximum atomic E-state index is 12.8. The molecule has 0 aliphatic carbocycles. The van der Waals surface area contributed by atoms with Crippen molar-refractivity contribution in [2.45, 2.75) is 73.4 Å². The molecule has 1 rings (SSSR count). The fourth-order valence-electron chi connectivity index (χ4n) is 3.48. The lowest BCUT2D eigenvalue weighted by atomic mass is 9.81. The molecular formula is C20H34N2O3S. The van der Waals surface area contributed by atoms with Gasteiger partial charge in [0, 0.05) is 5.54 Å². The van der Waals surface area contributed by atoms with Crippen LogP contribution in [0, 0.1) is 19.3 Å². The summed E-state index contributed by atoms with van der Waals surface area (Å²) in [4.78, 5) is 12.8. The first-order chi connectivity index (χ1) is 11.5. The highest BCUT2D eigenvalue weighted by atomic mass is 32.2. The zero-order chi connectivity index (χ0) is 20.5. The van der Waals surface area contributed by atoms with Gasteiger partial charge in [-0.2, -0.15) is 0 Å². The number of nitrogens with zero attached hydrogens (tertiary/aromatic N) is 1. The molecule has 0 heterocycles. The molecule has 0 aliphatic heterocycles. The minimum atomic E-state index is -3.61. The number of sulfonamides is 1. The number of hydrogen-bond acceptors (Lipinski definition) is 3. The Labute approximate surface area is 159 Å². The van der Waals surface area contributed by atoms with E-state index in [0.29, 0.717) is 5.69 Å². The van der Waals surface area contributed by atoms with Gasteiger partial charge in [-0.05, 0) is 69.7 Å². The molecule has 26 heavy (non-hydrogen) atoms. The van der Waals surface area contributed by atoms with Gasteiger partial charge in [-0.15, -0.1) is 0 Å². The monoisotopic (exact) mass is 382 g/mol. The number of aryl methyl sites for hydroxylation is 2. The van der Waals surface area contributed by atoms with Gasteiger partial charge in [-0.1, -0.05) is 26.8 Å². The second-order valence-corrected chi connectivity index (χ2v) is 11.0. The average molecular weight is 383 g/mol. The lowest BCUT2D eigenvalue weighted by molar-refractivity contribution is -0.123. The number of carbonyl (C=O) groups is 1. The summed E-state index contributed by atoms with van der Waals surface area (Å²) in [6.07, 6.45) is 1.91. The van der Waals surface area contributed by atoms with Gasteiger partial charge in [0.15, 0.2) is 0 Å². The van der Waals surface area contributed by atoms with Gasteiger partial charge in [0.1, 0.15) is 6.04 Å². The van der Waals surface area contributed by atoms with Crippen molar-refractivity contribution < 1.29 is 13.2 Å². The molecule has 0 spiro atoms. The minimum absolute atomic E-state index is 0.0462. The van der Waals surface area contributed by atoms with Crippen LogP contribution in [0.1, 0.15) is 59.1 Å². The molecule has 0 saturated carbocycles. The number of rotatable bonds is 6. The molecule has 0 radical (unpaired) electrons.